The second kappa shape index (κ2) is 7.21. The summed E-state index contributed by atoms with van der Waals surface area (Å²) in [4.78, 5) is 4.67. The lowest BCUT2D eigenvalue weighted by Crippen LogP contribution is -1.98. The molecule has 3 aromatic rings. The van der Waals surface area contributed by atoms with Crippen LogP contribution in [0.25, 0.3) is 22.5 Å². The van der Waals surface area contributed by atoms with E-state index in [1.807, 2.05) is 42.7 Å². The molecule has 0 aliphatic heterocycles. The number of imidazole rings is 1. The molecule has 0 saturated carbocycles. The zero-order valence-corrected chi connectivity index (χ0v) is 14.3. The molecule has 0 saturated heterocycles. The maximum atomic E-state index is 5.27. The largest absolute Gasteiger partial charge is 0.497 e. The van der Waals surface area contributed by atoms with E-state index < -0.39 is 0 Å². The van der Waals surface area contributed by atoms with Crippen LogP contribution in [0.4, 0.5) is 0 Å². The second-order valence-electron chi connectivity index (χ2n) is 5.59. The highest BCUT2D eigenvalue weighted by Crippen LogP contribution is 2.33. The molecule has 3 rings (SSSR count). The Hall–Kier alpha value is -2.75. The van der Waals surface area contributed by atoms with Gasteiger partial charge in [0.15, 0.2) is 0 Å². The van der Waals surface area contributed by atoms with Gasteiger partial charge in [-0.3, -0.25) is 0 Å². The summed E-state index contributed by atoms with van der Waals surface area (Å²) in [5.74, 6) is 1.70. The van der Waals surface area contributed by atoms with Gasteiger partial charge in [-0.15, -0.1) is 0 Å². The Morgan fingerprint density at radius 3 is 1.88 bits per heavy atom. The molecule has 0 radical (unpaired) electrons. The van der Waals surface area contributed by atoms with Gasteiger partial charge in [0.1, 0.15) is 11.5 Å². The Morgan fingerprint density at radius 2 is 1.38 bits per heavy atom. The van der Waals surface area contributed by atoms with Crippen molar-refractivity contribution in [2.45, 2.75) is 19.9 Å². The zero-order valence-electron chi connectivity index (χ0n) is 14.3. The zero-order chi connectivity index (χ0) is 16.9. The van der Waals surface area contributed by atoms with E-state index in [1.54, 1.807) is 14.2 Å². The van der Waals surface area contributed by atoms with Gasteiger partial charge >= 0.3 is 0 Å². The number of ether oxygens (including phenoxy) is 2. The van der Waals surface area contributed by atoms with Crippen LogP contribution in [-0.2, 0) is 6.54 Å². The molecule has 0 aliphatic carbocycles. The highest BCUT2D eigenvalue weighted by atomic mass is 16.5. The first-order valence-corrected chi connectivity index (χ1v) is 8.10. The number of methoxy groups -OCH3 is 2. The predicted octanol–water partition coefficient (Wildman–Crippen LogP) is 4.64. The van der Waals surface area contributed by atoms with Crippen molar-refractivity contribution in [2.24, 2.45) is 0 Å². The van der Waals surface area contributed by atoms with E-state index in [2.05, 4.69) is 28.6 Å². The minimum atomic E-state index is 0.845. The van der Waals surface area contributed by atoms with Crippen LogP contribution in [0.5, 0.6) is 11.5 Å². The third kappa shape index (κ3) is 3.13. The number of nitrogens with zero attached hydrogens (tertiary/aromatic N) is 2. The average Bonchev–Trinajstić information content (AvgIpc) is 3.06. The first-order chi connectivity index (χ1) is 11.8. The quantitative estimate of drug-likeness (QED) is 0.663. The smallest absolute Gasteiger partial charge is 0.118 e. The van der Waals surface area contributed by atoms with Gasteiger partial charge in [-0.1, -0.05) is 6.92 Å². The van der Waals surface area contributed by atoms with E-state index in [-0.39, 0.29) is 0 Å². The molecule has 0 unspecified atom stereocenters. The summed E-state index contributed by atoms with van der Waals surface area (Å²) in [6.07, 6.45) is 2.98. The van der Waals surface area contributed by atoms with Gasteiger partial charge < -0.3 is 14.0 Å². The summed E-state index contributed by atoms with van der Waals surface area (Å²) >= 11 is 0. The van der Waals surface area contributed by atoms with Crippen LogP contribution in [-0.4, -0.2) is 23.8 Å². The standard InChI is InChI=1S/C20H22N2O2/c1-4-13-22-14-21-19(15-5-9-17(23-2)10-6-15)20(22)16-7-11-18(24-3)12-8-16/h5-12,14H,4,13H2,1-3H3. The summed E-state index contributed by atoms with van der Waals surface area (Å²) in [6.45, 7) is 3.11. The number of aromatic nitrogens is 2. The summed E-state index contributed by atoms with van der Waals surface area (Å²) in [5, 5.41) is 0. The number of aryl methyl sites for hydroxylation is 1. The van der Waals surface area contributed by atoms with Crippen LogP contribution in [0, 0.1) is 0 Å². The Kier molecular flexibility index (Phi) is 4.85. The van der Waals surface area contributed by atoms with E-state index in [9.17, 15) is 0 Å². The second-order valence-corrected chi connectivity index (χ2v) is 5.59. The van der Waals surface area contributed by atoms with Gasteiger partial charge in [-0.05, 0) is 55.0 Å². The predicted molar refractivity (Wildman–Crippen MR) is 96.5 cm³/mol. The van der Waals surface area contributed by atoms with Crippen molar-refractivity contribution >= 4 is 0 Å². The highest BCUT2D eigenvalue weighted by Gasteiger charge is 2.15. The lowest BCUT2D eigenvalue weighted by Gasteiger charge is -2.11. The van der Waals surface area contributed by atoms with Gasteiger partial charge in [-0.25, -0.2) is 4.98 Å². The maximum Gasteiger partial charge on any atom is 0.118 e. The fourth-order valence-electron chi connectivity index (χ4n) is 2.80. The van der Waals surface area contributed by atoms with Crippen molar-refractivity contribution in [3.8, 4) is 34.0 Å². The monoisotopic (exact) mass is 322 g/mol. The third-order valence-electron chi connectivity index (χ3n) is 4.03. The number of hydrogen-bond acceptors (Lipinski definition) is 3. The summed E-state index contributed by atoms with van der Waals surface area (Å²) < 4.78 is 12.7. The molecule has 0 atom stereocenters. The topological polar surface area (TPSA) is 36.3 Å². The molecule has 124 valence electrons. The van der Waals surface area contributed by atoms with Crippen LogP contribution in [0.2, 0.25) is 0 Å². The summed E-state index contributed by atoms with van der Waals surface area (Å²) in [5.41, 5.74) is 4.32. The lowest BCUT2D eigenvalue weighted by molar-refractivity contribution is 0.414. The minimum absolute atomic E-state index is 0.845. The highest BCUT2D eigenvalue weighted by molar-refractivity contribution is 5.79. The lowest BCUT2D eigenvalue weighted by atomic mass is 10.0. The first-order valence-electron chi connectivity index (χ1n) is 8.10. The van der Waals surface area contributed by atoms with E-state index in [0.717, 1.165) is 47.0 Å². The van der Waals surface area contributed by atoms with Crippen LogP contribution in [0.15, 0.2) is 54.9 Å². The molecule has 24 heavy (non-hydrogen) atoms. The molecule has 0 bridgehead atoms. The summed E-state index contributed by atoms with van der Waals surface area (Å²) in [7, 11) is 3.35. The molecule has 0 fully saturated rings. The van der Waals surface area contributed by atoms with Crippen LogP contribution < -0.4 is 9.47 Å². The van der Waals surface area contributed by atoms with Gasteiger partial charge in [0.25, 0.3) is 0 Å². The van der Waals surface area contributed by atoms with Crippen LogP contribution in [0.3, 0.4) is 0 Å². The van der Waals surface area contributed by atoms with Crippen molar-refractivity contribution in [1.82, 2.24) is 9.55 Å². The molecule has 0 N–H and O–H groups in total. The molecule has 4 nitrogen and oxygen atoms in total. The Labute approximate surface area is 142 Å². The van der Waals surface area contributed by atoms with Crippen molar-refractivity contribution < 1.29 is 9.47 Å². The number of benzene rings is 2. The maximum absolute atomic E-state index is 5.27. The summed E-state index contributed by atoms with van der Waals surface area (Å²) in [6, 6.07) is 16.1. The third-order valence-corrected chi connectivity index (χ3v) is 4.03. The fraction of sp³-hybridized carbons (Fsp3) is 0.250. The van der Waals surface area contributed by atoms with Crippen molar-refractivity contribution in [1.29, 1.82) is 0 Å². The average molecular weight is 322 g/mol. The van der Waals surface area contributed by atoms with Crippen molar-refractivity contribution in [2.75, 3.05) is 14.2 Å². The first kappa shape index (κ1) is 16.1. The molecule has 0 spiro atoms. The molecule has 2 aromatic carbocycles. The van der Waals surface area contributed by atoms with Gasteiger partial charge in [-0.2, -0.15) is 0 Å². The normalized spacial score (nSPS) is 10.6. The van der Waals surface area contributed by atoms with Gasteiger partial charge in [0.05, 0.1) is 31.9 Å². The van der Waals surface area contributed by atoms with Crippen LogP contribution in [0.1, 0.15) is 13.3 Å². The van der Waals surface area contributed by atoms with Crippen molar-refractivity contribution in [3.63, 3.8) is 0 Å². The molecule has 4 heteroatoms. The number of hydrogen-bond donors (Lipinski definition) is 0. The number of rotatable bonds is 6. The van der Waals surface area contributed by atoms with Crippen LogP contribution >= 0.6 is 0 Å². The molecular formula is C20H22N2O2. The molecule has 0 amide bonds. The Morgan fingerprint density at radius 1 is 0.833 bits per heavy atom. The van der Waals surface area contributed by atoms with Gasteiger partial charge in [0.2, 0.25) is 0 Å². The van der Waals surface area contributed by atoms with Gasteiger partial charge in [0, 0.05) is 17.7 Å². The molecule has 1 heterocycles. The Balaban J connectivity index is 2.08. The van der Waals surface area contributed by atoms with Crippen molar-refractivity contribution in [3.05, 3.63) is 54.9 Å². The molecule has 1 aromatic heterocycles. The van der Waals surface area contributed by atoms with E-state index in [0.29, 0.717) is 0 Å². The molecule has 0 aliphatic rings. The van der Waals surface area contributed by atoms with E-state index in [4.69, 9.17) is 9.47 Å². The fourth-order valence-corrected chi connectivity index (χ4v) is 2.80. The SMILES string of the molecule is CCCn1cnc(-c2ccc(OC)cc2)c1-c1ccc(OC)cc1. The molecular weight excluding hydrogens is 300 g/mol. The van der Waals surface area contributed by atoms with E-state index in [1.165, 1.54) is 0 Å². The van der Waals surface area contributed by atoms with E-state index >= 15 is 0 Å². The Bertz CT molecular complexity index is 790. The minimum Gasteiger partial charge on any atom is -0.497 e.